The number of hydrogen-bond acceptors (Lipinski definition) is 0. The molecule has 0 amide bonds. The maximum absolute atomic E-state index is 2.36. The molecule has 0 bridgehead atoms. The molecule has 1 heteroatoms. The summed E-state index contributed by atoms with van der Waals surface area (Å²) in [5.41, 5.74) is 3.59. The minimum absolute atomic E-state index is 0.201. The molecule has 2 aromatic carbocycles. The highest BCUT2D eigenvalue weighted by atomic mass is 28.2. The largest absolute Gasteiger partial charge is 0.0663 e. The lowest BCUT2D eigenvalue weighted by atomic mass is 10.1. The Morgan fingerprint density at radius 3 is 2.38 bits per heavy atom. The molecular weight excluding hydrogens is 208 g/mol. The normalized spacial score (nSPS) is 13.1. The maximum Gasteiger partial charge on any atom is 0.0620 e. The van der Waals surface area contributed by atoms with E-state index < -0.39 is 0 Å². The molecule has 0 aliphatic rings. The second kappa shape index (κ2) is 5.13. The third-order valence-electron chi connectivity index (χ3n) is 3.00. The first-order chi connectivity index (χ1) is 7.75. The van der Waals surface area contributed by atoms with Crippen LogP contribution < -0.4 is 5.19 Å². The van der Waals surface area contributed by atoms with Crippen molar-refractivity contribution in [3.8, 4) is 0 Å². The van der Waals surface area contributed by atoms with Crippen LogP contribution in [0.15, 0.2) is 54.6 Å². The molecule has 0 saturated carbocycles. The van der Waals surface area contributed by atoms with Gasteiger partial charge in [0.15, 0.2) is 0 Å². The minimum atomic E-state index is -0.201. The summed E-state index contributed by atoms with van der Waals surface area (Å²) < 4.78 is 0. The van der Waals surface area contributed by atoms with Crippen molar-refractivity contribution in [2.45, 2.75) is 19.4 Å². The third kappa shape index (κ3) is 2.83. The Balaban J connectivity index is 2.12. The van der Waals surface area contributed by atoms with Crippen LogP contribution in [0.1, 0.15) is 23.6 Å². The lowest BCUT2D eigenvalue weighted by Crippen LogP contribution is -2.19. The van der Waals surface area contributed by atoms with Crippen LogP contribution in [0.3, 0.4) is 0 Å². The Morgan fingerprint density at radius 1 is 0.938 bits per heavy atom. The molecule has 0 aromatic heterocycles. The highest BCUT2D eigenvalue weighted by Gasteiger charge is 2.06. The molecule has 2 aromatic rings. The van der Waals surface area contributed by atoms with Crippen molar-refractivity contribution in [1.29, 1.82) is 0 Å². The minimum Gasteiger partial charge on any atom is -0.0663 e. The van der Waals surface area contributed by atoms with Crippen LogP contribution in [0.2, 0.25) is 0 Å². The molecule has 0 unspecified atom stereocenters. The first kappa shape index (κ1) is 11.2. The SMILES string of the molecule is Cc1cccc([C@H](C)[SiH2]c2ccccc2)c1. The molecule has 0 nitrogen and oxygen atoms in total. The lowest BCUT2D eigenvalue weighted by Gasteiger charge is -2.11. The molecule has 0 radical (unpaired) electrons. The number of aryl methyl sites for hydroxylation is 1. The monoisotopic (exact) mass is 226 g/mol. The zero-order chi connectivity index (χ0) is 11.4. The molecule has 0 heterocycles. The second-order valence-corrected chi connectivity index (χ2v) is 6.95. The summed E-state index contributed by atoms with van der Waals surface area (Å²) in [5.74, 6) is 0. The molecule has 0 aliphatic heterocycles. The summed E-state index contributed by atoms with van der Waals surface area (Å²) in [6, 6.07) is 19.8. The van der Waals surface area contributed by atoms with Crippen molar-refractivity contribution < 1.29 is 0 Å². The Labute approximate surface area is 100 Å². The van der Waals surface area contributed by atoms with Crippen LogP contribution in [0.5, 0.6) is 0 Å². The van der Waals surface area contributed by atoms with Crippen molar-refractivity contribution in [3.63, 3.8) is 0 Å². The number of benzene rings is 2. The molecule has 1 atom stereocenters. The van der Waals surface area contributed by atoms with Crippen LogP contribution >= 0.6 is 0 Å². The van der Waals surface area contributed by atoms with Crippen LogP contribution in [0.25, 0.3) is 0 Å². The van der Waals surface area contributed by atoms with Gasteiger partial charge in [-0.2, -0.15) is 0 Å². The maximum atomic E-state index is 2.36. The van der Waals surface area contributed by atoms with Gasteiger partial charge in [0, 0.05) is 0 Å². The van der Waals surface area contributed by atoms with Gasteiger partial charge in [-0.05, 0) is 18.0 Å². The fourth-order valence-electron chi connectivity index (χ4n) is 2.06. The van der Waals surface area contributed by atoms with Gasteiger partial charge in [0.2, 0.25) is 0 Å². The highest BCUT2D eigenvalue weighted by molar-refractivity contribution is 6.54. The quantitative estimate of drug-likeness (QED) is 0.706. The molecule has 16 heavy (non-hydrogen) atoms. The average Bonchev–Trinajstić information content (AvgIpc) is 2.30. The van der Waals surface area contributed by atoms with Gasteiger partial charge in [-0.15, -0.1) is 0 Å². The first-order valence-corrected chi connectivity index (χ1v) is 7.38. The van der Waals surface area contributed by atoms with E-state index in [0.717, 1.165) is 5.54 Å². The lowest BCUT2D eigenvalue weighted by molar-refractivity contribution is 1.07. The van der Waals surface area contributed by atoms with Crippen LogP contribution in [0, 0.1) is 6.92 Å². The van der Waals surface area contributed by atoms with Gasteiger partial charge in [-0.1, -0.05) is 72.3 Å². The number of hydrogen-bond donors (Lipinski definition) is 0. The molecule has 0 fully saturated rings. The Kier molecular flexibility index (Phi) is 3.57. The van der Waals surface area contributed by atoms with Gasteiger partial charge in [-0.25, -0.2) is 0 Å². The molecule has 0 N–H and O–H groups in total. The van der Waals surface area contributed by atoms with E-state index >= 15 is 0 Å². The molecular formula is C15H18Si. The predicted molar refractivity (Wildman–Crippen MR) is 74.2 cm³/mol. The molecule has 0 saturated heterocycles. The highest BCUT2D eigenvalue weighted by Crippen LogP contribution is 2.14. The van der Waals surface area contributed by atoms with E-state index in [9.17, 15) is 0 Å². The average molecular weight is 226 g/mol. The second-order valence-electron chi connectivity index (χ2n) is 4.50. The van der Waals surface area contributed by atoms with E-state index in [2.05, 4.69) is 68.4 Å². The van der Waals surface area contributed by atoms with Crippen LogP contribution in [-0.2, 0) is 0 Å². The fourth-order valence-corrected chi connectivity index (χ4v) is 3.80. The van der Waals surface area contributed by atoms with E-state index in [1.165, 1.54) is 11.1 Å². The standard InChI is InChI=1S/C15H18Si/c1-12-7-6-8-14(11-12)13(2)16-15-9-4-3-5-10-15/h3-11,13H,16H2,1-2H3/t13-/m0/s1. The summed E-state index contributed by atoms with van der Waals surface area (Å²) in [6.45, 7) is 4.52. The number of rotatable bonds is 3. The van der Waals surface area contributed by atoms with Crippen molar-refractivity contribution in [3.05, 3.63) is 65.7 Å². The van der Waals surface area contributed by atoms with Crippen molar-refractivity contribution in [1.82, 2.24) is 0 Å². The zero-order valence-electron chi connectivity index (χ0n) is 9.98. The van der Waals surface area contributed by atoms with Crippen LogP contribution in [-0.4, -0.2) is 9.52 Å². The molecule has 2 rings (SSSR count). The molecule has 82 valence electrons. The smallest absolute Gasteiger partial charge is 0.0620 e. The van der Waals surface area contributed by atoms with E-state index in [1.54, 1.807) is 5.19 Å². The first-order valence-electron chi connectivity index (χ1n) is 5.86. The van der Waals surface area contributed by atoms with E-state index in [4.69, 9.17) is 0 Å². The summed E-state index contributed by atoms with van der Waals surface area (Å²) in [6.07, 6.45) is 0. The van der Waals surface area contributed by atoms with Gasteiger partial charge in [0.25, 0.3) is 0 Å². The van der Waals surface area contributed by atoms with E-state index in [1.807, 2.05) is 0 Å². The van der Waals surface area contributed by atoms with Crippen molar-refractivity contribution >= 4 is 14.7 Å². The van der Waals surface area contributed by atoms with Gasteiger partial charge in [-0.3, -0.25) is 0 Å². The van der Waals surface area contributed by atoms with Crippen LogP contribution in [0.4, 0.5) is 0 Å². The summed E-state index contributed by atoms with van der Waals surface area (Å²) in [4.78, 5) is 0. The predicted octanol–water partition coefficient (Wildman–Crippen LogP) is 2.55. The fraction of sp³-hybridized carbons (Fsp3) is 0.200. The van der Waals surface area contributed by atoms with Crippen molar-refractivity contribution in [2.75, 3.05) is 0 Å². The van der Waals surface area contributed by atoms with E-state index in [0.29, 0.717) is 0 Å². The Hall–Kier alpha value is -1.34. The Morgan fingerprint density at radius 2 is 1.69 bits per heavy atom. The topological polar surface area (TPSA) is 0 Å². The summed E-state index contributed by atoms with van der Waals surface area (Å²) in [7, 11) is -0.201. The van der Waals surface area contributed by atoms with Gasteiger partial charge < -0.3 is 0 Å². The van der Waals surface area contributed by atoms with Gasteiger partial charge in [0.1, 0.15) is 0 Å². The zero-order valence-corrected chi connectivity index (χ0v) is 11.4. The summed E-state index contributed by atoms with van der Waals surface area (Å²) in [5, 5.41) is 1.55. The molecule has 0 spiro atoms. The van der Waals surface area contributed by atoms with E-state index in [-0.39, 0.29) is 9.52 Å². The molecule has 0 aliphatic carbocycles. The summed E-state index contributed by atoms with van der Waals surface area (Å²) >= 11 is 0. The third-order valence-corrected chi connectivity index (χ3v) is 5.02. The van der Waals surface area contributed by atoms with Gasteiger partial charge in [0.05, 0.1) is 9.52 Å². The van der Waals surface area contributed by atoms with Gasteiger partial charge >= 0.3 is 0 Å². The Bertz CT molecular complexity index is 448. The van der Waals surface area contributed by atoms with Crippen molar-refractivity contribution in [2.24, 2.45) is 0 Å².